The largest absolute Gasteiger partial charge is 0.494 e. The maximum atomic E-state index is 13.9. The van der Waals surface area contributed by atoms with Gasteiger partial charge in [-0.2, -0.15) is 0 Å². The van der Waals surface area contributed by atoms with Crippen molar-refractivity contribution in [3.8, 4) is 17.1 Å². The summed E-state index contributed by atoms with van der Waals surface area (Å²) in [4.78, 5) is 19.6. The van der Waals surface area contributed by atoms with E-state index in [2.05, 4.69) is 15.3 Å². The van der Waals surface area contributed by atoms with E-state index in [1.807, 2.05) is 0 Å². The molecule has 0 aliphatic rings. The van der Waals surface area contributed by atoms with Crippen LogP contribution in [-0.2, 0) is 6.54 Å². The second kappa shape index (κ2) is 7.31. The van der Waals surface area contributed by atoms with Gasteiger partial charge in [0.2, 0.25) is 0 Å². The Kier molecular flexibility index (Phi) is 4.95. The third-order valence-corrected chi connectivity index (χ3v) is 3.78. The van der Waals surface area contributed by atoms with Crippen molar-refractivity contribution >= 4 is 23.7 Å². The van der Waals surface area contributed by atoms with Crippen molar-refractivity contribution in [2.45, 2.75) is 6.54 Å². The van der Waals surface area contributed by atoms with Gasteiger partial charge in [0, 0.05) is 5.56 Å². The lowest BCUT2D eigenvalue weighted by Crippen LogP contribution is -2.06. The van der Waals surface area contributed by atoms with Gasteiger partial charge >= 0.3 is 0 Å². The van der Waals surface area contributed by atoms with Crippen LogP contribution >= 0.6 is 11.6 Å². The van der Waals surface area contributed by atoms with Gasteiger partial charge in [-0.15, -0.1) is 0 Å². The number of ether oxygens (including phenoxy) is 1. The zero-order chi connectivity index (χ0) is 17.8. The molecular formula is C17H13ClFN3O3. The number of aldehydes is 1. The topological polar surface area (TPSA) is 77.2 Å². The Morgan fingerprint density at radius 3 is 2.84 bits per heavy atom. The molecule has 0 aliphatic heterocycles. The molecule has 6 nitrogen and oxygen atoms in total. The maximum Gasteiger partial charge on any atom is 0.170 e. The van der Waals surface area contributed by atoms with Gasteiger partial charge in [0.25, 0.3) is 0 Å². The lowest BCUT2D eigenvalue weighted by atomic mass is 10.2. The van der Waals surface area contributed by atoms with E-state index >= 15 is 0 Å². The predicted molar refractivity (Wildman–Crippen MR) is 90.4 cm³/mol. The molecule has 25 heavy (non-hydrogen) atoms. The summed E-state index contributed by atoms with van der Waals surface area (Å²) >= 11 is 6.14. The van der Waals surface area contributed by atoms with E-state index < -0.39 is 5.82 Å². The molecule has 0 saturated heterocycles. The highest BCUT2D eigenvalue weighted by Gasteiger charge is 2.15. The van der Waals surface area contributed by atoms with Crippen LogP contribution in [0.2, 0.25) is 5.02 Å². The number of carbonyl (C=O) groups excluding carboxylic acids is 1. The van der Waals surface area contributed by atoms with Gasteiger partial charge in [-0.3, -0.25) is 4.79 Å². The lowest BCUT2D eigenvalue weighted by molar-refractivity contribution is 0.111. The first kappa shape index (κ1) is 16.9. The summed E-state index contributed by atoms with van der Waals surface area (Å²) < 4.78 is 24.0. The number of methoxy groups -OCH3 is 1. The summed E-state index contributed by atoms with van der Waals surface area (Å²) in [5.41, 5.74) is 0.393. The van der Waals surface area contributed by atoms with Crippen LogP contribution in [0.4, 0.5) is 10.2 Å². The fraction of sp³-hybridized carbons (Fsp3) is 0.118. The summed E-state index contributed by atoms with van der Waals surface area (Å²) in [5, 5.41) is 3.07. The second-order valence-electron chi connectivity index (χ2n) is 5.00. The number of hydrogen-bond acceptors (Lipinski definition) is 6. The van der Waals surface area contributed by atoms with E-state index in [1.54, 1.807) is 24.5 Å². The van der Waals surface area contributed by atoms with Crippen LogP contribution < -0.4 is 10.1 Å². The summed E-state index contributed by atoms with van der Waals surface area (Å²) in [6.45, 7) is 0.318. The third-order valence-electron chi connectivity index (χ3n) is 3.41. The van der Waals surface area contributed by atoms with Crippen molar-refractivity contribution in [3.63, 3.8) is 0 Å². The summed E-state index contributed by atoms with van der Waals surface area (Å²) in [6, 6.07) is 7.81. The minimum Gasteiger partial charge on any atom is -0.494 e. The number of nitrogens with one attached hydrogen (secondary N) is 1. The molecule has 0 amide bonds. The molecule has 0 atom stereocenters. The van der Waals surface area contributed by atoms with E-state index in [0.29, 0.717) is 24.2 Å². The molecule has 8 heteroatoms. The quantitative estimate of drug-likeness (QED) is 0.669. The number of benzene rings is 1. The Bertz CT molecular complexity index is 900. The highest BCUT2D eigenvalue weighted by atomic mass is 35.5. The van der Waals surface area contributed by atoms with Crippen LogP contribution in [0.1, 0.15) is 16.2 Å². The molecule has 0 radical (unpaired) electrons. The van der Waals surface area contributed by atoms with Gasteiger partial charge in [0.1, 0.15) is 22.3 Å². The zero-order valence-corrected chi connectivity index (χ0v) is 13.9. The Morgan fingerprint density at radius 2 is 2.20 bits per heavy atom. The molecular weight excluding hydrogens is 349 g/mol. The number of anilines is 1. The standard InChI is InChI=1S/C17H13ClFN3O3/c1-24-14-5-4-10(7-12(14)19)16-21-13(9-23)15(18)17(22-16)20-8-11-3-2-6-25-11/h2-7,9H,8H2,1H3,(H,20,21,22). The van der Waals surface area contributed by atoms with E-state index in [9.17, 15) is 9.18 Å². The third kappa shape index (κ3) is 3.61. The SMILES string of the molecule is COc1ccc(-c2nc(C=O)c(Cl)c(NCc3ccco3)n2)cc1F. The smallest absolute Gasteiger partial charge is 0.170 e. The zero-order valence-electron chi connectivity index (χ0n) is 13.1. The minimum absolute atomic E-state index is 0.00448. The molecule has 0 bridgehead atoms. The van der Waals surface area contributed by atoms with Crippen LogP contribution in [0.3, 0.4) is 0 Å². The lowest BCUT2D eigenvalue weighted by Gasteiger charge is -2.10. The summed E-state index contributed by atoms with van der Waals surface area (Å²) in [7, 11) is 1.37. The highest BCUT2D eigenvalue weighted by Crippen LogP contribution is 2.28. The fourth-order valence-electron chi connectivity index (χ4n) is 2.18. The predicted octanol–water partition coefficient (Wildman–Crippen LogP) is 3.96. The number of rotatable bonds is 6. The maximum absolute atomic E-state index is 13.9. The van der Waals surface area contributed by atoms with Crippen LogP contribution in [-0.4, -0.2) is 23.4 Å². The Morgan fingerprint density at radius 1 is 1.36 bits per heavy atom. The van der Waals surface area contributed by atoms with Crippen LogP contribution in [0.5, 0.6) is 5.75 Å². The van der Waals surface area contributed by atoms with Crippen molar-refractivity contribution in [3.05, 3.63) is 58.9 Å². The molecule has 1 aromatic carbocycles. The van der Waals surface area contributed by atoms with Crippen LogP contribution in [0.15, 0.2) is 41.0 Å². The van der Waals surface area contributed by atoms with Crippen molar-refractivity contribution in [1.29, 1.82) is 0 Å². The Balaban J connectivity index is 1.97. The first-order chi connectivity index (χ1) is 12.1. The van der Waals surface area contributed by atoms with Gasteiger partial charge in [-0.1, -0.05) is 11.6 Å². The van der Waals surface area contributed by atoms with Crippen molar-refractivity contribution in [1.82, 2.24) is 9.97 Å². The van der Waals surface area contributed by atoms with E-state index in [-0.39, 0.29) is 28.1 Å². The molecule has 2 heterocycles. The first-order valence-corrected chi connectivity index (χ1v) is 7.63. The van der Waals surface area contributed by atoms with Gasteiger partial charge in [-0.25, -0.2) is 14.4 Å². The van der Waals surface area contributed by atoms with Gasteiger partial charge < -0.3 is 14.5 Å². The number of furan rings is 1. The Labute approximate surface area is 147 Å². The molecule has 0 aliphatic carbocycles. The molecule has 128 valence electrons. The summed E-state index contributed by atoms with van der Waals surface area (Å²) in [6.07, 6.45) is 2.06. The Hall–Kier alpha value is -2.93. The van der Waals surface area contributed by atoms with E-state index in [1.165, 1.54) is 19.2 Å². The molecule has 0 saturated carbocycles. The molecule has 3 aromatic rings. The number of aromatic nitrogens is 2. The first-order valence-electron chi connectivity index (χ1n) is 7.25. The molecule has 0 unspecified atom stereocenters. The number of halogens is 2. The molecule has 3 rings (SSSR count). The van der Waals surface area contributed by atoms with E-state index in [4.69, 9.17) is 20.8 Å². The van der Waals surface area contributed by atoms with Crippen molar-refractivity contribution in [2.24, 2.45) is 0 Å². The van der Waals surface area contributed by atoms with Gasteiger partial charge in [0.05, 0.1) is 19.9 Å². The normalized spacial score (nSPS) is 10.5. The molecule has 2 aromatic heterocycles. The number of hydrogen-bond donors (Lipinski definition) is 1. The summed E-state index contributed by atoms with van der Waals surface area (Å²) in [5.74, 6) is 0.622. The van der Waals surface area contributed by atoms with Crippen molar-refractivity contribution in [2.75, 3.05) is 12.4 Å². The van der Waals surface area contributed by atoms with Crippen LogP contribution in [0.25, 0.3) is 11.4 Å². The minimum atomic E-state index is -0.559. The molecule has 1 N–H and O–H groups in total. The van der Waals surface area contributed by atoms with Gasteiger partial charge in [-0.05, 0) is 30.3 Å². The molecule has 0 spiro atoms. The van der Waals surface area contributed by atoms with Gasteiger partial charge in [0.15, 0.2) is 23.7 Å². The monoisotopic (exact) mass is 361 g/mol. The van der Waals surface area contributed by atoms with Crippen LogP contribution in [0, 0.1) is 5.82 Å². The average molecular weight is 362 g/mol. The molecule has 0 fully saturated rings. The highest BCUT2D eigenvalue weighted by molar-refractivity contribution is 6.35. The fourth-order valence-corrected chi connectivity index (χ4v) is 2.37. The second-order valence-corrected chi connectivity index (χ2v) is 5.37. The van der Waals surface area contributed by atoms with Crippen molar-refractivity contribution < 1.29 is 18.3 Å². The number of nitrogens with zero attached hydrogens (tertiary/aromatic N) is 2. The average Bonchev–Trinajstić information content (AvgIpc) is 3.14. The van der Waals surface area contributed by atoms with E-state index in [0.717, 1.165) is 0 Å². The number of carbonyl (C=O) groups is 1.